The van der Waals surface area contributed by atoms with Gasteiger partial charge in [0.25, 0.3) is 0 Å². The third-order valence-corrected chi connectivity index (χ3v) is 3.17. The summed E-state index contributed by atoms with van der Waals surface area (Å²) in [6, 6.07) is 5.90. The summed E-state index contributed by atoms with van der Waals surface area (Å²) in [4.78, 5) is 7.75. The summed E-state index contributed by atoms with van der Waals surface area (Å²) < 4.78 is 6.05. The van der Waals surface area contributed by atoms with Crippen molar-refractivity contribution in [2.24, 2.45) is 5.73 Å². The zero-order chi connectivity index (χ0) is 12.3. The molecule has 0 fully saturated rings. The van der Waals surface area contributed by atoms with Gasteiger partial charge in [0.05, 0.1) is 17.1 Å². The molecule has 1 aromatic carbocycles. The fourth-order valence-corrected chi connectivity index (χ4v) is 2.12. The fraction of sp³-hybridized carbons (Fsp3) is 0.417. The van der Waals surface area contributed by atoms with Gasteiger partial charge >= 0.3 is 0 Å². The van der Waals surface area contributed by atoms with Gasteiger partial charge in [-0.3, -0.25) is 0 Å². The Kier molecular flexibility index (Phi) is 4.15. The molecule has 0 amide bonds. The first-order valence-electron chi connectivity index (χ1n) is 5.60. The second-order valence-corrected chi connectivity index (χ2v) is 4.94. The number of methoxy groups -OCH3 is 1. The Balaban J connectivity index is 2.12. The van der Waals surface area contributed by atoms with E-state index in [1.807, 2.05) is 18.2 Å². The summed E-state index contributed by atoms with van der Waals surface area (Å²) in [5.74, 6) is 0.842. The predicted octanol–water partition coefficient (Wildman–Crippen LogP) is 2.75. The first-order valence-corrected chi connectivity index (χ1v) is 6.39. The van der Waals surface area contributed by atoms with Gasteiger partial charge in [0, 0.05) is 18.2 Å². The molecular formula is C12H16BrN3O. The van der Waals surface area contributed by atoms with Crippen molar-refractivity contribution in [2.75, 3.05) is 13.7 Å². The van der Waals surface area contributed by atoms with Gasteiger partial charge in [-0.1, -0.05) is 15.9 Å². The molecule has 0 aliphatic rings. The number of aromatic nitrogens is 2. The van der Waals surface area contributed by atoms with Crippen molar-refractivity contribution >= 4 is 27.0 Å². The van der Waals surface area contributed by atoms with Gasteiger partial charge < -0.3 is 15.5 Å². The zero-order valence-electron chi connectivity index (χ0n) is 9.74. The monoisotopic (exact) mass is 297 g/mol. The highest BCUT2D eigenvalue weighted by Crippen LogP contribution is 2.21. The van der Waals surface area contributed by atoms with E-state index in [1.165, 1.54) is 0 Å². The molecule has 1 unspecified atom stereocenters. The number of halogens is 1. The molecule has 0 spiro atoms. The van der Waals surface area contributed by atoms with Crippen LogP contribution in [0.15, 0.2) is 22.7 Å². The number of nitrogens with zero attached hydrogens (tertiary/aromatic N) is 1. The van der Waals surface area contributed by atoms with E-state index in [0.717, 1.165) is 40.8 Å². The minimum atomic E-state index is -0.0590. The Morgan fingerprint density at radius 1 is 1.53 bits per heavy atom. The minimum Gasteiger partial charge on any atom is -0.385 e. The zero-order valence-corrected chi connectivity index (χ0v) is 11.3. The Morgan fingerprint density at radius 3 is 3.12 bits per heavy atom. The average molecular weight is 298 g/mol. The van der Waals surface area contributed by atoms with Crippen LogP contribution in [-0.2, 0) is 4.74 Å². The first-order chi connectivity index (χ1) is 8.20. The molecule has 0 saturated carbocycles. The quantitative estimate of drug-likeness (QED) is 0.834. The van der Waals surface area contributed by atoms with Crippen LogP contribution in [0.3, 0.4) is 0 Å². The van der Waals surface area contributed by atoms with Crippen molar-refractivity contribution in [3.05, 3.63) is 28.5 Å². The van der Waals surface area contributed by atoms with Crippen molar-refractivity contribution in [1.82, 2.24) is 9.97 Å². The summed E-state index contributed by atoms with van der Waals surface area (Å²) in [6.07, 6.45) is 1.81. The molecule has 0 aliphatic carbocycles. The maximum absolute atomic E-state index is 6.08. The predicted molar refractivity (Wildman–Crippen MR) is 71.8 cm³/mol. The van der Waals surface area contributed by atoms with Crippen molar-refractivity contribution in [1.29, 1.82) is 0 Å². The fourth-order valence-electron chi connectivity index (χ4n) is 1.76. The topological polar surface area (TPSA) is 63.9 Å². The molecule has 3 N–H and O–H groups in total. The molecule has 1 heterocycles. The van der Waals surface area contributed by atoms with Gasteiger partial charge in [-0.25, -0.2) is 4.98 Å². The van der Waals surface area contributed by atoms with Gasteiger partial charge in [0.2, 0.25) is 0 Å². The molecular weight excluding hydrogens is 282 g/mol. The molecule has 2 aromatic rings. The lowest BCUT2D eigenvalue weighted by Crippen LogP contribution is -2.12. The second kappa shape index (κ2) is 5.62. The van der Waals surface area contributed by atoms with E-state index in [2.05, 4.69) is 25.9 Å². The van der Waals surface area contributed by atoms with Crippen molar-refractivity contribution < 1.29 is 4.74 Å². The Bertz CT molecular complexity index is 497. The molecule has 0 bridgehead atoms. The molecule has 1 aromatic heterocycles. The highest BCUT2D eigenvalue weighted by Gasteiger charge is 2.11. The Labute approximate surface area is 109 Å². The molecule has 0 radical (unpaired) electrons. The van der Waals surface area contributed by atoms with E-state index in [9.17, 15) is 0 Å². The van der Waals surface area contributed by atoms with Gasteiger partial charge in [0.15, 0.2) is 0 Å². The minimum absolute atomic E-state index is 0.0590. The van der Waals surface area contributed by atoms with E-state index >= 15 is 0 Å². The number of imidazole rings is 1. The molecule has 2 rings (SSSR count). The lowest BCUT2D eigenvalue weighted by molar-refractivity contribution is 0.190. The normalized spacial score (nSPS) is 13.1. The lowest BCUT2D eigenvalue weighted by Gasteiger charge is -2.07. The van der Waals surface area contributed by atoms with Crippen LogP contribution < -0.4 is 5.73 Å². The number of benzene rings is 1. The van der Waals surface area contributed by atoms with Crippen LogP contribution >= 0.6 is 15.9 Å². The van der Waals surface area contributed by atoms with Crippen molar-refractivity contribution in [3.63, 3.8) is 0 Å². The number of nitrogens with two attached hydrogens (primary N) is 1. The first kappa shape index (κ1) is 12.5. The van der Waals surface area contributed by atoms with Crippen LogP contribution in [0.2, 0.25) is 0 Å². The summed E-state index contributed by atoms with van der Waals surface area (Å²) in [7, 11) is 1.70. The van der Waals surface area contributed by atoms with Crippen LogP contribution in [0, 0.1) is 0 Å². The summed E-state index contributed by atoms with van der Waals surface area (Å²) in [5, 5.41) is 0. The second-order valence-electron chi connectivity index (χ2n) is 4.03. The summed E-state index contributed by atoms with van der Waals surface area (Å²) in [6.45, 7) is 0.736. The summed E-state index contributed by atoms with van der Waals surface area (Å²) >= 11 is 3.43. The van der Waals surface area contributed by atoms with Crippen molar-refractivity contribution in [3.8, 4) is 0 Å². The van der Waals surface area contributed by atoms with E-state index in [1.54, 1.807) is 7.11 Å². The average Bonchev–Trinajstić information content (AvgIpc) is 2.72. The number of nitrogens with one attached hydrogen (secondary N) is 1. The van der Waals surface area contributed by atoms with E-state index in [4.69, 9.17) is 10.5 Å². The number of hydrogen-bond donors (Lipinski definition) is 2. The molecule has 4 nitrogen and oxygen atoms in total. The van der Waals surface area contributed by atoms with E-state index < -0.39 is 0 Å². The van der Waals surface area contributed by atoms with E-state index in [0.29, 0.717) is 0 Å². The number of rotatable bonds is 5. The van der Waals surface area contributed by atoms with Gasteiger partial charge in [-0.2, -0.15) is 0 Å². The smallest absolute Gasteiger partial charge is 0.124 e. The van der Waals surface area contributed by atoms with Crippen LogP contribution in [0.4, 0.5) is 0 Å². The number of fused-ring (bicyclic) bond motifs is 1. The Hall–Kier alpha value is -0.910. The maximum Gasteiger partial charge on any atom is 0.124 e. The standard InChI is InChI=1S/C12H16BrN3O/c1-17-6-2-3-9(14)12-15-10-5-4-8(13)7-11(10)16-12/h4-5,7,9H,2-3,6,14H2,1H3,(H,15,16). The largest absolute Gasteiger partial charge is 0.385 e. The molecule has 5 heteroatoms. The van der Waals surface area contributed by atoms with E-state index in [-0.39, 0.29) is 6.04 Å². The SMILES string of the molecule is COCCCC(N)c1nc2ccc(Br)cc2[nH]1. The maximum atomic E-state index is 6.08. The molecule has 1 atom stereocenters. The highest BCUT2D eigenvalue weighted by atomic mass is 79.9. The third kappa shape index (κ3) is 3.06. The van der Waals surface area contributed by atoms with Crippen LogP contribution in [-0.4, -0.2) is 23.7 Å². The number of aromatic amines is 1. The number of H-pyrrole nitrogens is 1. The van der Waals surface area contributed by atoms with Gasteiger partial charge in [-0.05, 0) is 31.0 Å². The lowest BCUT2D eigenvalue weighted by atomic mass is 10.1. The molecule has 0 saturated heterocycles. The van der Waals surface area contributed by atoms with Gasteiger partial charge in [0.1, 0.15) is 5.82 Å². The van der Waals surface area contributed by atoms with Crippen LogP contribution in [0.1, 0.15) is 24.7 Å². The summed E-state index contributed by atoms with van der Waals surface area (Å²) in [5.41, 5.74) is 8.04. The molecule has 92 valence electrons. The molecule has 0 aliphatic heterocycles. The number of ether oxygens (including phenoxy) is 1. The molecule has 17 heavy (non-hydrogen) atoms. The van der Waals surface area contributed by atoms with Crippen LogP contribution in [0.5, 0.6) is 0 Å². The Morgan fingerprint density at radius 2 is 2.35 bits per heavy atom. The number of hydrogen-bond acceptors (Lipinski definition) is 3. The third-order valence-electron chi connectivity index (χ3n) is 2.68. The van der Waals surface area contributed by atoms with Crippen LogP contribution in [0.25, 0.3) is 11.0 Å². The van der Waals surface area contributed by atoms with Crippen molar-refractivity contribution in [2.45, 2.75) is 18.9 Å². The highest BCUT2D eigenvalue weighted by molar-refractivity contribution is 9.10. The van der Waals surface area contributed by atoms with Gasteiger partial charge in [-0.15, -0.1) is 0 Å².